The molecule has 0 amide bonds. The number of hydrogen-bond acceptors (Lipinski definition) is 3. The fourth-order valence-corrected chi connectivity index (χ4v) is 2.36. The lowest BCUT2D eigenvalue weighted by Gasteiger charge is -2.10. The number of phenols is 1. The average Bonchev–Trinajstić information content (AvgIpc) is 2.75. The first-order chi connectivity index (χ1) is 9.65. The fraction of sp³-hybridized carbons (Fsp3) is 0.250. The summed E-state index contributed by atoms with van der Waals surface area (Å²) < 4.78 is 2.02. The van der Waals surface area contributed by atoms with Crippen LogP contribution in [0.15, 0.2) is 42.6 Å². The van der Waals surface area contributed by atoms with E-state index < -0.39 is 0 Å². The zero-order chi connectivity index (χ0) is 14.1. The Morgan fingerprint density at radius 2 is 2.05 bits per heavy atom. The summed E-state index contributed by atoms with van der Waals surface area (Å²) in [4.78, 5) is 9.11. The minimum absolute atomic E-state index is 0.246. The van der Waals surface area contributed by atoms with Crippen molar-refractivity contribution in [2.45, 2.75) is 20.3 Å². The highest BCUT2D eigenvalue weighted by Crippen LogP contribution is 2.23. The Kier molecular flexibility index (Phi) is 3.14. The van der Waals surface area contributed by atoms with E-state index in [1.54, 1.807) is 18.3 Å². The molecule has 0 aliphatic carbocycles. The van der Waals surface area contributed by atoms with Crippen molar-refractivity contribution >= 4 is 11.2 Å². The molecular weight excluding hydrogens is 250 g/mol. The second-order valence-electron chi connectivity index (χ2n) is 5.33. The van der Waals surface area contributed by atoms with Crippen LogP contribution in [0.3, 0.4) is 0 Å². The van der Waals surface area contributed by atoms with E-state index in [1.807, 2.05) is 28.8 Å². The van der Waals surface area contributed by atoms with E-state index in [2.05, 4.69) is 23.8 Å². The minimum atomic E-state index is 0.246. The Labute approximate surface area is 117 Å². The molecule has 4 heteroatoms. The molecule has 4 nitrogen and oxygen atoms in total. The first kappa shape index (κ1) is 12.7. The molecule has 2 aromatic heterocycles. The summed E-state index contributed by atoms with van der Waals surface area (Å²) in [5, 5.41) is 9.70. The first-order valence-corrected chi connectivity index (χ1v) is 6.77. The molecule has 20 heavy (non-hydrogen) atoms. The van der Waals surface area contributed by atoms with Gasteiger partial charge in [0.25, 0.3) is 0 Å². The summed E-state index contributed by atoms with van der Waals surface area (Å²) in [5.41, 5.74) is 2.60. The maximum absolute atomic E-state index is 9.70. The minimum Gasteiger partial charge on any atom is -0.508 e. The molecule has 3 aromatic rings. The van der Waals surface area contributed by atoms with Gasteiger partial charge in [0.15, 0.2) is 5.65 Å². The van der Waals surface area contributed by atoms with Gasteiger partial charge in [-0.15, -0.1) is 0 Å². The molecule has 0 fully saturated rings. The van der Waals surface area contributed by atoms with Crippen molar-refractivity contribution in [3.05, 3.63) is 48.4 Å². The van der Waals surface area contributed by atoms with Crippen molar-refractivity contribution < 1.29 is 5.11 Å². The predicted octanol–water partition coefficient (Wildman–Crippen LogP) is 3.32. The second kappa shape index (κ2) is 4.96. The molecule has 3 rings (SSSR count). The summed E-state index contributed by atoms with van der Waals surface area (Å²) in [6, 6.07) is 11.0. The lowest BCUT2D eigenvalue weighted by atomic mass is 10.1. The van der Waals surface area contributed by atoms with Crippen molar-refractivity contribution in [3.63, 3.8) is 0 Å². The van der Waals surface area contributed by atoms with E-state index in [-0.39, 0.29) is 5.75 Å². The molecule has 0 aliphatic heterocycles. The number of hydrogen-bond donors (Lipinski definition) is 1. The summed E-state index contributed by atoms with van der Waals surface area (Å²) >= 11 is 0. The van der Waals surface area contributed by atoms with E-state index >= 15 is 0 Å². The zero-order valence-electron chi connectivity index (χ0n) is 11.6. The third kappa shape index (κ3) is 2.25. The molecular formula is C16H17N3O. The highest BCUT2D eigenvalue weighted by atomic mass is 16.3. The first-order valence-electron chi connectivity index (χ1n) is 6.77. The smallest absolute Gasteiger partial charge is 0.164 e. The van der Waals surface area contributed by atoms with E-state index in [0.717, 1.165) is 29.1 Å². The van der Waals surface area contributed by atoms with Crippen molar-refractivity contribution in [3.8, 4) is 11.4 Å². The molecule has 0 saturated carbocycles. The predicted molar refractivity (Wildman–Crippen MR) is 79.1 cm³/mol. The number of aromatic hydroxyl groups is 1. The largest absolute Gasteiger partial charge is 0.508 e. The van der Waals surface area contributed by atoms with Crippen LogP contribution in [0, 0.1) is 5.92 Å². The van der Waals surface area contributed by atoms with Crippen LogP contribution in [0.5, 0.6) is 5.75 Å². The number of rotatable bonds is 3. The van der Waals surface area contributed by atoms with Crippen molar-refractivity contribution in [1.29, 1.82) is 0 Å². The van der Waals surface area contributed by atoms with Crippen molar-refractivity contribution in [2.24, 2.45) is 5.92 Å². The van der Waals surface area contributed by atoms with Gasteiger partial charge >= 0.3 is 0 Å². The number of benzene rings is 1. The van der Waals surface area contributed by atoms with Gasteiger partial charge in [-0.25, -0.2) is 9.97 Å². The van der Waals surface area contributed by atoms with E-state index in [0.29, 0.717) is 5.92 Å². The average molecular weight is 267 g/mol. The Balaban J connectivity index is 2.25. The Morgan fingerprint density at radius 3 is 2.80 bits per heavy atom. The van der Waals surface area contributed by atoms with Crippen LogP contribution < -0.4 is 0 Å². The van der Waals surface area contributed by atoms with Gasteiger partial charge in [-0.3, -0.25) is 4.57 Å². The van der Waals surface area contributed by atoms with Crippen LogP contribution in [0.25, 0.3) is 16.9 Å². The fourth-order valence-electron chi connectivity index (χ4n) is 2.36. The van der Waals surface area contributed by atoms with Crippen LogP contribution in [-0.2, 0) is 6.42 Å². The van der Waals surface area contributed by atoms with E-state index in [1.165, 1.54) is 0 Å². The normalized spacial score (nSPS) is 11.3. The maximum atomic E-state index is 9.70. The number of pyridine rings is 1. The number of fused-ring (bicyclic) bond motifs is 1. The van der Waals surface area contributed by atoms with Crippen LogP contribution in [0.4, 0.5) is 0 Å². The zero-order valence-corrected chi connectivity index (χ0v) is 11.6. The maximum Gasteiger partial charge on any atom is 0.164 e. The van der Waals surface area contributed by atoms with Crippen LogP contribution in [-0.4, -0.2) is 19.6 Å². The molecule has 0 bridgehead atoms. The molecule has 0 radical (unpaired) electrons. The highest BCUT2D eigenvalue weighted by molar-refractivity contribution is 5.74. The van der Waals surface area contributed by atoms with Gasteiger partial charge < -0.3 is 5.11 Å². The van der Waals surface area contributed by atoms with Crippen molar-refractivity contribution in [1.82, 2.24) is 14.5 Å². The Morgan fingerprint density at radius 1 is 1.20 bits per heavy atom. The summed E-state index contributed by atoms with van der Waals surface area (Å²) in [6.07, 6.45) is 2.63. The molecule has 0 atom stereocenters. The molecule has 0 saturated heterocycles. The Hall–Kier alpha value is -2.36. The van der Waals surface area contributed by atoms with E-state index in [9.17, 15) is 5.11 Å². The molecule has 2 heterocycles. The van der Waals surface area contributed by atoms with Crippen LogP contribution >= 0.6 is 0 Å². The summed E-state index contributed by atoms with van der Waals surface area (Å²) in [5.74, 6) is 1.72. The SMILES string of the molecule is CC(C)Cc1nc2cccnc2n1-c1cccc(O)c1. The van der Waals surface area contributed by atoms with E-state index in [4.69, 9.17) is 0 Å². The van der Waals surface area contributed by atoms with Crippen molar-refractivity contribution in [2.75, 3.05) is 0 Å². The number of nitrogens with zero attached hydrogens (tertiary/aromatic N) is 3. The standard InChI is InChI=1S/C16H17N3O/c1-11(2)9-15-18-14-7-4-8-17-16(14)19(15)12-5-3-6-13(20)10-12/h3-8,10-11,20H,9H2,1-2H3. The summed E-state index contributed by atoms with van der Waals surface area (Å²) in [7, 11) is 0. The van der Waals surface area contributed by atoms with Gasteiger partial charge in [-0.05, 0) is 30.2 Å². The highest BCUT2D eigenvalue weighted by Gasteiger charge is 2.14. The lowest BCUT2D eigenvalue weighted by molar-refractivity contribution is 0.475. The van der Waals surface area contributed by atoms with Gasteiger partial charge in [0.2, 0.25) is 0 Å². The summed E-state index contributed by atoms with van der Waals surface area (Å²) in [6.45, 7) is 4.33. The molecule has 1 aromatic carbocycles. The monoisotopic (exact) mass is 267 g/mol. The lowest BCUT2D eigenvalue weighted by Crippen LogP contribution is -2.05. The molecule has 1 N–H and O–H groups in total. The van der Waals surface area contributed by atoms with Gasteiger partial charge in [0.1, 0.15) is 17.1 Å². The van der Waals surface area contributed by atoms with Gasteiger partial charge in [0, 0.05) is 18.7 Å². The Bertz CT molecular complexity index is 746. The molecule has 0 spiro atoms. The van der Waals surface area contributed by atoms with Gasteiger partial charge in [-0.2, -0.15) is 0 Å². The van der Waals surface area contributed by atoms with Gasteiger partial charge in [-0.1, -0.05) is 19.9 Å². The molecule has 0 aliphatic rings. The molecule has 0 unspecified atom stereocenters. The number of aromatic nitrogens is 3. The quantitative estimate of drug-likeness (QED) is 0.792. The number of phenolic OH excluding ortho intramolecular Hbond substituents is 1. The van der Waals surface area contributed by atoms with Crippen LogP contribution in [0.2, 0.25) is 0 Å². The topological polar surface area (TPSA) is 50.9 Å². The number of imidazole rings is 1. The third-order valence-corrected chi connectivity index (χ3v) is 3.16. The molecule has 102 valence electrons. The van der Waals surface area contributed by atoms with Gasteiger partial charge in [0.05, 0.1) is 5.69 Å². The second-order valence-corrected chi connectivity index (χ2v) is 5.33. The van der Waals surface area contributed by atoms with Crippen LogP contribution in [0.1, 0.15) is 19.7 Å². The third-order valence-electron chi connectivity index (χ3n) is 3.16.